The summed E-state index contributed by atoms with van der Waals surface area (Å²) in [6.45, 7) is 1.98. The lowest BCUT2D eigenvalue weighted by molar-refractivity contribution is 0.843. The molecule has 24 heavy (non-hydrogen) atoms. The fourth-order valence-corrected chi connectivity index (χ4v) is 4.03. The fraction of sp³-hybridized carbons (Fsp3) is 0.222. The minimum atomic E-state index is 0.706. The zero-order valence-corrected chi connectivity index (χ0v) is 15.2. The van der Waals surface area contributed by atoms with Crippen molar-refractivity contribution in [2.75, 3.05) is 29.5 Å². The predicted molar refractivity (Wildman–Crippen MR) is 105 cm³/mol. The fourth-order valence-electron chi connectivity index (χ4n) is 2.83. The van der Waals surface area contributed by atoms with E-state index in [2.05, 4.69) is 4.90 Å². The Bertz CT molecular complexity index is 877. The van der Waals surface area contributed by atoms with E-state index in [9.17, 15) is 0 Å². The van der Waals surface area contributed by atoms with Crippen molar-refractivity contribution in [1.82, 2.24) is 9.97 Å². The largest absolute Gasteiger partial charge is 0.354 e. The van der Waals surface area contributed by atoms with Crippen LogP contribution in [0.25, 0.3) is 22.3 Å². The Morgan fingerprint density at radius 2 is 1.58 bits per heavy atom. The van der Waals surface area contributed by atoms with Crippen LogP contribution in [0.3, 0.4) is 0 Å². The van der Waals surface area contributed by atoms with Gasteiger partial charge in [-0.1, -0.05) is 23.2 Å². The summed E-state index contributed by atoms with van der Waals surface area (Å²) in [4.78, 5) is 11.9. The zero-order valence-electron chi connectivity index (χ0n) is 12.9. The van der Waals surface area contributed by atoms with Crippen molar-refractivity contribution in [2.45, 2.75) is 0 Å². The molecule has 0 amide bonds. The maximum absolute atomic E-state index is 6.21. The lowest BCUT2D eigenvalue weighted by atomic mass is 10.1. The highest BCUT2D eigenvalue weighted by Gasteiger charge is 2.18. The van der Waals surface area contributed by atoms with Gasteiger partial charge >= 0.3 is 0 Å². The summed E-state index contributed by atoms with van der Waals surface area (Å²) in [6, 6.07) is 13.4. The molecule has 4 rings (SSSR count). The molecular formula is C18H15Cl2N3S. The van der Waals surface area contributed by atoms with Crippen molar-refractivity contribution < 1.29 is 0 Å². The average Bonchev–Trinajstić information content (AvgIpc) is 2.62. The lowest BCUT2D eigenvalue weighted by Crippen LogP contribution is -2.33. The Morgan fingerprint density at radius 3 is 2.33 bits per heavy atom. The van der Waals surface area contributed by atoms with Gasteiger partial charge in [-0.3, -0.25) is 0 Å². The van der Waals surface area contributed by atoms with Crippen molar-refractivity contribution in [3.05, 3.63) is 52.5 Å². The van der Waals surface area contributed by atoms with Crippen molar-refractivity contribution >= 4 is 51.7 Å². The van der Waals surface area contributed by atoms with Crippen molar-refractivity contribution in [3.63, 3.8) is 0 Å². The Hall–Kier alpha value is -1.49. The van der Waals surface area contributed by atoms with Crippen LogP contribution < -0.4 is 4.90 Å². The van der Waals surface area contributed by atoms with Gasteiger partial charge in [-0.05, 0) is 42.5 Å². The molecule has 1 aromatic heterocycles. The van der Waals surface area contributed by atoms with Gasteiger partial charge in [-0.25, -0.2) is 9.97 Å². The summed E-state index contributed by atoms with van der Waals surface area (Å²) >= 11 is 14.2. The molecule has 2 aromatic carbocycles. The van der Waals surface area contributed by atoms with Crippen molar-refractivity contribution in [1.29, 1.82) is 0 Å². The van der Waals surface area contributed by atoms with Gasteiger partial charge in [0.25, 0.3) is 0 Å². The Kier molecular flexibility index (Phi) is 4.53. The molecule has 1 aliphatic heterocycles. The van der Waals surface area contributed by atoms with E-state index >= 15 is 0 Å². The summed E-state index contributed by atoms with van der Waals surface area (Å²) in [5.74, 6) is 3.91. The summed E-state index contributed by atoms with van der Waals surface area (Å²) in [5.41, 5.74) is 1.87. The van der Waals surface area contributed by atoms with Crippen molar-refractivity contribution in [2.24, 2.45) is 0 Å². The average molecular weight is 376 g/mol. The smallest absolute Gasteiger partial charge is 0.162 e. The maximum Gasteiger partial charge on any atom is 0.162 e. The molecule has 1 saturated heterocycles. The van der Waals surface area contributed by atoms with Crippen LogP contribution in [-0.2, 0) is 0 Å². The number of hydrogen-bond donors (Lipinski definition) is 0. The zero-order chi connectivity index (χ0) is 16.5. The minimum absolute atomic E-state index is 0.706. The predicted octanol–water partition coefficient (Wildman–Crippen LogP) is 5.16. The van der Waals surface area contributed by atoms with E-state index in [0.29, 0.717) is 10.0 Å². The summed E-state index contributed by atoms with van der Waals surface area (Å²) < 4.78 is 0. The highest BCUT2D eigenvalue weighted by atomic mass is 35.5. The highest BCUT2D eigenvalue weighted by molar-refractivity contribution is 7.99. The Labute approximate surface area is 155 Å². The van der Waals surface area contributed by atoms with E-state index in [0.717, 1.165) is 52.7 Å². The van der Waals surface area contributed by atoms with Crippen LogP contribution in [0, 0.1) is 0 Å². The molecule has 6 heteroatoms. The standard InChI is InChI=1S/C18H15Cl2N3S/c19-13-3-1-12(2-4-13)17-21-16-6-5-14(20)11-15(16)18(22-17)23-7-9-24-10-8-23/h1-6,11H,7-10H2. The van der Waals surface area contributed by atoms with E-state index in [1.54, 1.807) is 0 Å². The number of rotatable bonds is 2. The number of hydrogen-bond acceptors (Lipinski definition) is 4. The summed E-state index contributed by atoms with van der Waals surface area (Å²) in [5, 5.41) is 2.42. The number of aromatic nitrogens is 2. The third-order valence-electron chi connectivity index (χ3n) is 4.05. The second kappa shape index (κ2) is 6.79. The second-order valence-corrected chi connectivity index (χ2v) is 7.74. The Morgan fingerprint density at radius 1 is 0.875 bits per heavy atom. The molecule has 0 spiro atoms. The first-order valence-electron chi connectivity index (χ1n) is 7.77. The maximum atomic E-state index is 6.21. The van der Waals surface area contributed by atoms with Gasteiger partial charge in [0.15, 0.2) is 5.82 Å². The molecule has 0 bridgehead atoms. The van der Waals surface area contributed by atoms with E-state index in [1.807, 2.05) is 54.2 Å². The molecule has 0 N–H and O–H groups in total. The van der Waals surface area contributed by atoms with Gasteiger partial charge in [0.1, 0.15) is 5.82 Å². The van der Waals surface area contributed by atoms with Crippen LogP contribution in [0.4, 0.5) is 5.82 Å². The van der Waals surface area contributed by atoms with Crippen LogP contribution >= 0.6 is 35.0 Å². The number of halogens is 2. The first-order valence-corrected chi connectivity index (χ1v) is 9.68. The van der Waals surface area contributed by atoms with E-state index in [-0.39, 0.29) is 0 Å². The topological polar surface area (TPSA) is 29.0 Å². The number of thioether (sulfide) groups is 1. The monoisotopic (exact) mass is 375 g/mol. The van der Waals surface area contributed by atoms with Gasteiger partial charge in [0, 0.05) is 45.6 Å². The Balaban J connectivity index is 1.89. The number of anilines is 1. The third-order valence-corrected chi connectivity index (χ3v) is 5.48. The summed E-state index contributed by atoms with van der Waals surface area (Å²) in [6.07, 6.45) is 0. The molecule has 0 saturated carbocycles. The van der Waals surface area contributed by atoms with Gasteiger partial charge in [-0.2, -0.15) is 11.8 Å². The molecule has 3 aromatic rings. The quantitative estimate of drug-likeness (QED) is 0.618. The second-order valence-electron chi connectivity index (χ2n) is 5.64. The lowest BCUT2D eigenvalue weighted by Gasteiger charge is -2.28. The number of benzene rings is 2. The van der Waals surface area contributed by atoms with Crippen LogP contribution in [0.15, 0.2) is 42.5 Å². The molecule has 2 heterocycles. The van der Waals surface area contributed by atoms with E-state index < -0.39 is 0 Å². The summed E-state index contributed by atoms with van der Waals surface area (Å²) in [7, 11) is 0. The van der Waals surface area contributed by atoms with Crippen LogP contribution in [0.1, 0.15) is 0 Å². The highest BCUT2D eigenvalue weighted by Crippen LogP contribution is 2.31. The van der Waals surface area contributed by atoms with Crippen LogP contribution in [-0.4, -0.2) is 34.6 Å². The third kappa shape index (κ3) is 3.18. The van der Waals surface area contributed by atoms with Gasteiger partial charge in [-0.15, -0.1) is 0 Å². The molecule has 0 unspecified atom stereocenters. The SMILES string of the molecule is Clc1ccc(-c2nc(N3CCSCC3)c3cc(Cl)ccc3n2)cc1. The molecule has 3 nitrogen and oxygen atoms in total. The van der Waals surface area contributed by atoms with Gasteiger partial charge < -0.3 is 4.90 Å². The minimum Gasteiger partial charge on any atom is -0.354 e. The van der Waals surface area contributed by atoms with E-state index in [1.165, 1.54) is 0 Å². The number of fused-ring (bicyclic) bond motifs is 1. The molecular weight excluding hydrogens is 361 g/mol. The van der Waals surface area contributed by atoms with Gasteiger partial charge in [0.05, 0.1) is 5.52 Å². The molecule has 0 aliphatic carbocycles. The normalized spacial score (nSPS) is 15.0. The van der Waals surface area contributed by atoms with E-state index in [4.69, 9.17) is 33.2 Å². The molecule has 0 atom stereocenters. The van der Waals surface area contributed by atoms with Crippen molar-refractivity contribution in [3.8, 4) is 11.4 Å². The molecule has 0 radical (unpaired) electrons. The molecule has 1 fully saturated rings. The first-order chi connectivity index (χ1) is 11.7. The van der Waals surface area contributed by atoms with Crippen LogP contribution in [0.5, 0.6) is 0 Å². The van der Waals surface area contributed by atoms with Gasteiger partial charge in [0.2, 0.25) is 0 Å². The van der Waals surface area contributed by atoms with Crippen LogP contribution in [0.2, 0.25) is 10.0 Å². The molecule has 122 valence electrons. The first kappa shape index (κ1) is 16.0. The molecule has 1 aliphatic rings. The number of nitrogens with zero attached hydrogens (tertiary/aromatic N) is 3.